The van der Waals surface area contributed by atoms with E-state index in [2.05, 4.69) is 5.32 Å². The van der Waals surface area contributed by atoms with Gasteiger partial charge in [-0.1, -0.05) is 6.07 Å². The van der Waals surface area contributed by atoms with Crippen LogP contribution in [0.1, 0.15) is 15.9 Å². The first-order valence-corrected chi connectivity index (χ1v) is 9.56. The van der Waals surface area contributed by atoms with E-state index in [0.29, 0.717) is 30.0 Å². The number of benzene rings is 2. The van der Waals surface area contributed by atoms with E-state index in [1.54, 1.807) is 44.4 Å². The third-order valence-electron chi connectivity index (χ3n) is 3.60. The quantitative estimate of drug-likeness (QED) is 0.763. The summed E-state index contributed by atoms with van der Waals surface area (Å²) in [7, 11) is -1.77. The topological polar surface area (TPSA) is 81.7 Å². The number of ether oxygens (including phenoxy) is 2. The summed E-state index contributed by atoms with van der Waals surface area (Å²) >= 11 is 0. The number of sulfone groups is 1. The second-order valence-electron chi connectivity index (χ2n) is 5.53. The summed E-state index contributed by atoms with van der Waals surface area (Å²) in [6.45, 7) is 2.35. The van der Waals surface area contributed by atoms with Gasteiger partial charge in [0.25, 0.3) is 5.91 Å². The highest BCUT2D eigenvalue weighted by Crippen LogP contribution is 2.17. The monoisotopic (exact) mass is 363 g/mol. The minimum atomic E-state index is -3.36. The lowest BCUT2D eigenvalue weighted by atomic mass is 10.1. The molecule has 2 rings (SSSR count). The average Bonchev–Trinajstić information content (AvgIpc) is 2.58. The number of rotatable bonds is 7. The van der Waals surface area contributed by atoms with Gasteiger partial charge in [0, 0.05) is 11.8 Å². The summed E-state index contributed by atoms with van der Waals surface area (Å²) in [4.78, 5) is 12.4. The molecule has 0 aliphatic heterocycles. The molecular weight excluding hydrogens is 342 g/mol. The van der Waals surface area contributed by atoms with Crippen molar-refractivity contribution in [3.63, 3.8) is 0 Å². The molecule has 2 aromatic rings. The molecule has 0 heterocycles. The van der Waals surface area contributed by atoms with Gasteiger partial charge in [-0.15, -0.1) is 0 Å². The Labute approximate surface area is 147 Å². The van der Waals surface area contributed by atoms with Crippen LogP contribution in [0, 0.1) is 6.92 Å². The van der Waals surface area contributed by atoms with Gasteiger partial charge in [0.1, 0.15) is 18.1 Å². The highest BCUT2D eigenvalue weighted by Gasteiger charge is 2.14. The summed E-state index contributed by atoms with van der Waals surface area (Å²) in [5.41, 5.74) is 1.05. The van der Waals surface area contributed by atoms with Crippen molar-refractivity contribution >= 4 is 15.7 Å². The molecule has 0 aliphatic rings. The lowest BCUT2D eigenvalue weighted by molar-refractivity contribution is 0.0946. The summed E-state index contributed by atoms with van der Waals surface area (Å²) in [5.74, 6) is 1.08. The molecule has 0 saturated carbocycles. The molecule has 6 nitrogen and oxygen atoms in total. The van der Waals surface area contributed by atoms with Gasteiger partial charge in [-0.3, -0.25) is 4.79 Å². The second kappa shape index (κ2) is 8.02. The maximum atomic E-state index is 12.3. The van der Waals surface area contributed by atoms with Crippen molar-refractivity contribution in [2.75, 3.05) is 26.5 Å². The summed E-state index contributed by atoms with van der Waals surface area (Å²) in [6.07, 6.45) is 1.11. The first-order valence-electron chi connectivity index (χ1n) is 7.67. The molecule has 25 heavy (non-hydrogen) atoms. The smallest absolute Gasteiger partial charge is 0.251 e. The molecule has 0 fully saturated rings. The van der Waals surface area contributed by atoms with Crippen molar-refractivity contribution in [1.82, 2.24) is 5.32 Å². The standard InChI is InChI=1S/C18H21NO5S/c1-13-4-9-16(25(3,21)22)12-17(13)18(20)19-10-11-24-15-7-5-14(23-2)6-8-15/h4-9,12H,10-11H2,1-3H3,(H,19,20). The molecule has 0 saturated heterocycles. The van der Waals surface area contributed by atoms with Crippen LogP contribution in [0.15, 0.2) is 47.4 Å². The molecule has 2 aromatic carbocycles. The van der Waals surface area contributed by atoms with E-state index in [-0.39, 0.29) is 10.8 Å². The Balaban J connectivity index is 1.91. The van der Waals surface area contributed by atoms with Gasteiger partial charge in [-0.2, -0.15) is 0 Å². The Bertz CT molecular complexity index is 844. The molecule has 0 atom stereocenters. The van der Waals surface area contributed by atoms with Crippen molar-refractivity contribution in [2.24, 2.45) is 0 Å². The predicted molar refractivity (Wildman–Crippen MR) is 95.1 cm³/mol. The molecule has 0 aromatic heterocycles. The van der Waals surface area contributed by atoms with Crippen LogP contribution in [0.25, 0.3) is 0 Å². The molecule has 0 unspecified atom stereocenters. The Morgan fingerprint density at radius 3 is 2.32 bits per heavy atom. The van der Waals surface area contributed by atoms with Gasteiger partial charge in [0.2, 0.25) is 0 Å². The molecule has 0 radical (unpaired) electrons. The number of aryl methyl sites for hydroxylation is 1. The van der Waals surface area contributed by atoms with Gasteiger partial charge in [-0.25, -0.2) is 8.42 Å². The van der Waals surface area contributed by atoms with Crippen molar-refractivity contribution in [3.8, 4) is 11.5 Å². The number of methoxy groups -OCH3 is 1. The largest absolute Gasteiger partial charge is 0.497 e. The fraction of sp³-hybridized carbons (Fsp3) is 0.278. The Morgan fingerprint density at radius 1 is 1.08 bits per heavy atom. The van der Waals surface area contributed by atoms with E-state index in [4.69, 9.17) is 9.47 Å². The van der Waals surface area contributed by atoms with E-state index in [1.165, 1.54) is 12.1 Å². The average molecular weight is 363 g/mol. The molecule has 134 valence electrons. The summed E-state index contributed by atoms with van der Waals surface area (Å²) in [6, 6.07) is 11.6. The number of amides is 1. The van der Waals surface area contributed by atoms with Gasteiger partial charge in [0.15, 0.2) is 9.84 Å². The number of carbonyl (C=O) groups is 1. The molecular formula is C18H21NO5S. The van der Waals surface area contributed by atoms with Gasteiger partial charge in [0.05, 0.1) is 18.6 Å². The van der Waals surface area contributed by atoms with Gasteiger partial charge >= 0.3 is 0 Å². The lowest BCUT2D eigenvalue weighted by Crippen LogP contribution is -2.28. The third-order valence-corrected chi connectivity index (χ3v) is 4.71. The van der Waals surface area contributed by atoms with Gasteiger partial charge < -0.3 is 14.8 Å². The zero-order chi connectivity index (χ0) is 18.4. The van der Waals surface area contributed by atoms with E-state index in [9.17, 15) is 13.2 Å². The van der Waals surface area contributed by atoms with Gasteiger partial charge in [-0.05, 0) is 48.9 Å². The van der Waals surface area contributed by atoms with Crippen LogP contribution in [0.4, 0.5) is 0 Å². The van der Waals surface area contributed by atoms with Crippen LogP contribution in [-0.2, 0) is 9.84 Å². The number of carbonyl (C=O) groups excluding carboxylic acids is 1. The Morgan fingerprint density at radius 2 is 1.72 bits per heavy atom. The highest BCUT2D eigenvalue weighted by atomic mass is 32.2. The fourth-order valence-corrected chi connectivity index (χ4v) is 2.82. The second-order valence-corrected chi connectivity index (χ2v) is 7.54. The first kappa shape index (κ1) is 18.8. The molecule has 1 N–H and O–H groups in total. The minimum Gasteiger partial charge on any atom is -0.497 e. The maximum Gasteiger partial charge on any atom is 0.251 e. The van der Waals surface area contributed by atoms with E-state index in [1.807, 2.05) is 0 Å². The van der Waals surface area contributed by atoms with Crippen molar-refractivity contribution < 1.29 is 22.7 Å². The van der Waals surface area contributed by atoms with Crippen LogP contribution in [0.2, 0.25) is 0 Å². The van der Waals surface area contributed by atoms with Crippen LogP contribution in [0.3, 0.4) is 0 Å². The zero-order valence-corrected chi connectivity index (χ0v) is 15.2. The predicted octanol–water partition coefficient (Wildman–Crippen LogP) is 2.22. The van der Waals surface area contributed by atoms with Crippen molar-refractivity contribution in [3.05, 3.63) is 53.6 Å². The number of hydrogen-bond acceptors (Lipinski definition) is 5. The fourth-order valence-electron chi connectivity index (χ4n) is 2.18. The zero-order valence-electron chi connectivity index (χ0n) is 14.4. The van der Waals surface area contributed by atoms with Crippen LogP contribution in [0.5, 0.6) is 11.5 Å². The Hall–Kier alpha value is -2.54. The summed E-state index contributed by atoms with van der Waals surface area (Å²) < 4.78 is 33.8. The van der Waals surface area contributed by atoms with E-state index >= 15 is 0 Å². The Kier molecular flexibility index (Phi) is 6.03. The lowest BCUT2D eigenvalue weighted by Gasteiger charge is -2.10. The molecule has 7 heteroatoms. The number of hydrogen-bond donors (Lipinski definition) is 1. The molecule has 0 spiro atoms. The number of nitrogens with one attached hydrogen (secondary N) is 1. The first-order chi connectivity index (χ1) is 11.8. The van der Waals surface area contributed by atoms with Crippen molar-refractivity contribution in [1.29, 1.82) is 0 Å². The third kappa shape index (κ3) is 5.22. The molecule has 0 bridgehead atoms. The SMILES string of the molecule is COc1ccc(OCCNC(=O)c2cc(S(C)(=O)=O)ccc2C)cc1. The minimum absolute atomic E-state index is 0.123. The van der Waals surface area contributed by atoms with E-state index < -0.39 is 9.84 Å². The van der Waals surface area contributed by atoms with Crippen LogP contribution >= 0.6 is 0 Å². The normalized spacial score (nSPS) is 11.0. The summed E-state index contributed by atoms with van der Waals surface area (Å²) in [5, 5.41) is 2.73. The van der Waals surface area contributed by atoms with Crippen LogP contribution in [-0.4, -0.2) is 40.8 Å². The maximum absolute atomic E-state index is 12.3. The van der Waals surface area contributed by atoms with E-state index in [0.717, 1.165) is 12.0 Å². The molecule has 1 amide bonds. The molecule has 0 aliphatic carbocycles. The van der Waals surface area contributed by atoms with Crippen LogP contribution < -0.4 is 14.8 Å². The van der Waals surface area contributed by atoms with Crippen molar-refractivity contribution in [2.45, 2.75) is 11.8 Å². The highest BCUT2D eigenvalue weighted by molar-refractivity contribution is 7.90.